The van der Waals surface area contributed by atoms with Gasteiger partial charge in [-0.3, -0.25) is 0 Å². The van der Waals surface area contributed by atoms with E-state index < -0.39 is 0 Å². The van der Waals surface area contributed by atoms with E-state index in [1.807, 2.05) is 0 Å². The van der Waals surface area contributed by atoms with Crippen LogP contribution < -0.4 is 0 Å². The molecule has 0 aromatic heterocycles. The van der Waals surface area contributed by atoms with Crippen molar-refractivity contribution in [3.63, 3.8) is 0 Å². The lowest BCUT2D eigenvalue weighted by Crippen LogP contribution is -1.85. The van der Waals surface area contributed by atoms with E-state index in [1.54, 1.807) is 0 Å². The van der Waals surface area contributed by atoms with E-state index in [1.165, 1.54) is 12.8 Å². The second kappa shape index (κ2) is 5.18. The minimum absolute atomic E-state index is 0.903. The van der Waals surface area contributed by atoms with Gasteiger partial charge in [-0.05, 0) is 6.42 Å². The lowest BCUT2D eigenvalue weighted by atomic mass is 10.4. The van der Waals surface area contributed by atoms with E-state index >= 15 is 0 Å². The van der Waals surface area contributed by atoms with E-state index in [9.17, 15) is 0 Å². The van der Waals surface area contributed by atoms with Crippen molar-refractivity contribution >= 4 is 10.5 Å². The van der Waals surface area contributed by atoms with Crippen LogP contribution in [0.3, 0.4) is 0 Å². The zero-order chi connectivity index (χ0) is 4.83. The molecule has 0 spiro atoms. The maximum absolute atomic E-state index is 4.92. The number of hydrogen-bond acceptors (Lipinski definition) is 1. The van der Waals surface area contributed by atoms with Crippen LogP contribution in [0.2, 0.25) is 0 Å². The summed E-state index contributed by atoms with van der Waals surface area (Å²) in [6, 6.07) is 0. The van der Waals surface area contributed by atoms with Crippen LogP contribution in [0.15, 0.2) is 0 Å². The van der Waals surface area contributed by atoms with Crippen LogP contribution in [-0.4, -0.2) is 17.1 Å². The van der Waals surface area contributed by atoms with Gasteiger partial charge in [0.15, 0.2) is 0 Å². The monoisotopic (exact) mass is 104 g/mol. The van der Waals surface area contributed by atoms with Gasteiger partial charge in [0, 0.05) is 6.61 Å². The van der Waals surface area contributed by atoms with Gasteiger partial charge < -0.3 is 4.43 Å². The summed E-state index contributed by atoms with van der Waals surface area (Å²) in [5.41, 5.74) is 0. The van der Waals surface area contributed by atoms with Gasteiger partial charge in [-0.15, -0.1) is 0 Å². The Hall–Kier alpha value is 0.177. The SMILES string of the molecule is CCCCO[SiH3]. The van der Waals surface area contributed by atoms with Crippen LogP contribution in [0.4, 0.5) is 0 Å². The first-order valence-corrected chi connectivity index (χ1v) is 3.22. The summed E-state index contributed by atoms with van der Waals surface area (Å²) < 4.78 is 4.92. The molecule has 0 saturated heterocycles. The predicted octanol–water partition coefficient (Wildman–Crippen LogP) is 0.0835. The highest BCUT2D eigenvalue weighted by Crippen LogP contribution is 1.82. The van der Waals surface area contributed by atoms with E-state index in [0.29, 0.717) is 0 Å². The molecule has 0 aromatic carbocycles. The molecule has 0 amide bonds. The van der Waals surface area contributed by atoms with Crippen molar-refractivity contribution in [2.45, 2.75) is 19.8 Å². The fourth-order valence-electron chi connectivity index (χ4n) is 0.289. The summed E-state index contributed by atoms with van der Waals surface area (Å²) >= 11 is 0. The predicted molar refractivity (Wildman–Crippen MR) is 30.8 cm³/mol. The van der Waals surface area contributed by atoms with Gasteiger partial charge >= 0.3 is 0 Å². The molecule has 0 rings (SSSR count). The highest BCUT2D eigenvalue weighted by molar-refractivity contribution is 5.97. The van der Waals surface area contributed by atoms with E-state index in [0.717, 1.165) is 17.1 Å². The van der Waals surface area contributed by atoms with Gasteiger partial charge in [0.05, 0.1) is 0 Å². The Balaban J connectivity index is 2.34. The summed E-state index contributed by atoms with van der Waals surface area (Å²) in [4.78, 5) is 0. The zero-order valence-corrected chi connectivity index (χ0v) is 6.53. The average Bonchev–Trinajstić information content (AvgIpc) is 1.61. The van der Waals surface area contributed by atoms with Gasteiger partial charge in [0.25, 0.3) is 0 Å². The first kappa shape index (κ1) is 6.18. The molecule has 0 N–H and O–H groups in total. The number of rotatable bonds is 3. The van der Waals surface area contributed by atoms with Crippen LogP contribution in [0, 0.1) is 0 Å². The fraction of sp³-hybridized carbons (Fsp3) is 1.00. The quantitative estimate of drug-likeness (QED) is 0.364. The molecule has 0 aliphatic heterocycles. The molecular formula is C4H12OSi. The highest BCUT2D eigenvalue weighted by atomic mass is 28.2. The van der Waals surface area contributed by atoms with E-state index in [2.05, 4.69) is 6.92 Å². The molecule has 0 atom stereocenters. The molecule has 0 fully saturated rings. The van der Waals surface area contributed by atoms with Crippen molar-refractivity contribution in [1.82, 2.24) is 0 Å². The molecule has 0 saturated carbocycles. The highest BCUT2D eigenvalue weighted by Gasteiger charge is 1.74. The lowest BCUT2D eigenvalue weighted by molar-refractivity contribution is 0.339. The molecule has 6 heavy (non-hydrogen) atoms. The van der Waals surface area contributed by atoms with Crippen molar-refractivity contribution in [2.24, 2.45) is 0 Å². The van der Waals surface area contributed by atoms with Crippen LogP contribution >= 0.6 is 0 Å². The Morgan fingerprint density at radius 1 is 1.67 bits per heavy atom. The molecule has 0 heterocycles. The Morgan fingerprint density at radius 2 is 2.33 bits per heavy atom. The fourth-order valence-corrected chi connectivity index (χ4v) is 0.577. The molecule has 1 nitrogen and oxygen atoms in total. The van der Waals surface area contributed by atoms with Gasteiger partial charge in [-0.25, -0.2) is 0 Å². The van der Waals surface area contributed by atoms with Crippen LogP contribution in [0.25, 0.3) is 0 Å². The molecule has 0 bridgehead atoms. The van der Waals surface area contributed by atoms with Gasteiger partial charge in [0.2, 0.25) is 0 Å². The van der Waals surface area contributed by atoms with E-state index in [4.69, 9.17) is 4.43 Å². The summed E-state index contributed by atoms with van der Waals surface area (Å²) in [7, 11) is 0.903. The molecule has 0 aliphatic rings. The van der Waals surface area contributed by atoms with Crippen LogP contribution in [0.1, 0.15) is 19.8 Å². The molecule has 0 aromatic rings. The summed E-state index contributed by atoms with van der Waals surface area (Å²) in [6.07, 6.45) is 2.48. The lowest BCUT2D eigenvalue weighted by Gasteiger charge is -1.90. The normalized spacial score (nSPS) is 9.50. The maximum Gasteiger partial charge on any atom is 0.145 e. The first-order chi connectivity index (χ1) is 2.91. The Morgan fingerprint density at radius 3 is 2.50 bits per heavy atom. The second-order valence-electron chi connectivity index (χ2n) is 1.35. The number of hydrogen-bond donors (Lipinski definition) is 0. The molecule has 0 aliphatic carbocycles. The van der Waals surface area contributed by atoms with Crippen LogP contribution in [0.5, 0.6) is 0 Å². The van der Waals surface area contributed by atoms with E-state index in [-0.39, 0.29) is 0 Å². The van der Waals surface area contributed by atoms with Gasteiger partial charge in [-0.1, -0.05) is 13.3 Å². The third-order valence-corrected chi connectivity index (χ3v) is 1.11. The van der Waals surface area contributed by atoms with Crippen molar-refractivity contribution in [1.29, 1.82) is 0 Å². The Bertz CT molecular complexity index is 19.5. The molecule has 2 heteroatoms. The molecule has 0 radical (unpaired) electrons. The molecule has 38 valence electrons. The van der Waals surface area contributed by atoms with Crippen molar-refractivity contribution < 1.29 is 4.43 Å². The summed E-state index contributed by atoms with van der Waals surface area (Å²) in [5, 5.41) is 0. The van der Waals surface area contributed by atoms with Crippen molar-refractivity contribution in [2.75, 3.05) is 6.61 Å². The minimum Gasteiger partial charge on any atom is -0.428 e. The summed E-state index contributed by atoms with van der Waals surface area (Å²) in [5.74, 6) is 0. The largest absolute Gasteiger partial charge is 0.428 e. The van der Waals surface area contributed by atoms with Gasteiger partial charge in [-0.2, -0.15) is 0 Å². The Kier molecular flexibility index (Phi) is 5.33. The minimum atomic E-state index is 0.903. The molecular weight excluding hydrogens is 92.1 g/mol. The maximum atomic E-state index is 4.92. The van der Waals surface area contributed by atoms with Crippen molar-refractivity contribution in [3.8, 4) is 0 Å². The van der Waals surface area contributed by atoms with Gasteiger partial charge in [0.1, 0.15) is 10.5 Å². The second-order valence-corrected chi connectivity index (χ2v) is 1.92. The average molecular weight is 104 g/mol. The first-order valence-electron chi connectivity index (χ1n) is 2.40. The van der Waals surface area contributed by atoms with Crippen molar-refractivity contribution in [3.05, 3.63) is 0 Å². The number of unbranched alkanes of at least 4 members (excludes halogenated alkanes) is 1. The summed E-state index contributed by atoms with van der Waals surface area (Å²) in [6.45, 7) is 3.14. The smallest absolute Gasteiger partial charge is 0.145 e. The topological polar surface area (TPSA) is 9.23 Å². The third-order valence-electron chi connectivity index (χ3n) is 0.702. The van der Waals surface area contributed by atoms with Crippen LogP contribution in [-0.2, 0) is 4.43 Å². The molecule has 0 unspecified atom stereocenters. The standard InChI is InChI=1S/C4H12OSi/c1-2-3-4-5-6/h2-4H2,1,6H3. The third kappa shape index (κ3) is 4.18. The zero-order valence-electron chi connectivity index (χ0n) is 4.53. The Labute approximate surface area is 42.2 Å².